The van der Waals surface area contributed by atoms with Crippen molar-refractivity contribution >= 4 is 17.6 Å². The van der Waals surface area contributed by atoms with E-state index in [9.17, 15) is 9.59 Å². The topological polar surface area (TPSA) is 64.6 Å². The average Bonchev–Trinajstić information content (AvgIpc) is 2.28. The Morgan fingerprint density at radius 3 is 2.59 bits per heavy atom. The highest BCUT2D eigenvalue weighted by Crippen LogP contribution is 2.23. The fourth-order valence-electron chi connectivity index (χ4n) is 1.33. The van der Waals surface area contributed by atoms with Crippen molar-refractivity contribution in [2.24, 2.45) is 0 Å². The van der Waals surface area contributed by atoms with Crippen LogP contribution in [0.2, 0.25) is 0 Å². The van der Waals surface area contributed by atoms with Crippen molar-refractivity contribution in [1.82, 2.24) is 0 Å². The lowest BCUT2D eigenvalue weighted by Gasteiger charge is -2.10. The van der Waals surface area contributed by atoms with Crippen molar-refractivity contribution in [3.63, 3.8) is 0 Å². The summed E-state index contributed by atoms with van der Waals surface area (Å²) in [6.45, 7) is 3.37. The molecule has 0 aliphatic rings. The van der Waals surface area contributed by atoms with Gasteiger partial charge in [-0.2, -0.15) is 0 Å². The minimum atomic E-state index is -0.473. The Bertz CT molecular complexity index is 429. The van der Waals surface area contributed by atoms with Crippen LogP contribution < -0.4 is 10.1 Å². The van der Waals surface area contributed by atoms with Crippen LogP contribution in [-0.4, -0.2) is 25.6 Å². The molecule has 5 nitrogen and oxygen atoms in total. The van der Waals surface area contributed by atoms with Crippen LogP contribution in [0.5, 0.6) is 5.75 Å². The van der Waals surface area contributed by atoms with Crippen molar-refractivity contribution in [3.8, 4) is 5.75 Å². The number of amides is 1. The molecule has 92 valence electrons. The second-order valence-corrected chi connectivity index (χ2v) is 3.31. The number of carbonyl (C=O) groups excluding carboxylic acids is 2. The number of ether oxygens (including phenoxy) is 2. The summed E-state index contributed by atoms with van der Waals surface area (Å²) >= 11 is 0. The summed E-state index contributed by atoms with van der Waals surface area (Å²) in [5.41, 5.74) is 0.693. The van der Waals surface area contributed by atoms with E-state index in [1.54, 1.807) is 25.1 Å². The Kier molecular flexibility index (Phi) is 4.51. The molecule has 1 aromatic rings. The standard InChI is InChI=1S/C12H15NO4/c1-4-17-12(15)10-6-5-9(16-3)7-11(10)13-8(2)14/h5-7H,4H2,1-3H3,(H,13,14). The smallest absolute Gasteiger partial charge is 0.340 e. The Balaban J connectivity index is 3.09. The molecule has 0 heterocycles. The van der Waals surface area contributed by atoms with Crippen LogP contribution >= 0.6 is 0 Å². The molecule has 0 atom stereocenters. The van der Waals surface area contributed by atoms with Gasteiger partial charge in [0.1, 0.15) is 5.75 Å². The zero-order valence-corrected chi connectivity index (χ0v) is 10.1. The summed E-state index contributed by atoms with van der Waals surface area (Å²) in [4.78, 5) is 22.7. The van der Waals surface area contributed by atoms with E-state index in [0.717, 1.165) is 0 Å². The van der Waals surface area contributed by atoms with Crippen LogP contribution in [0, 0.1) is 0 Å². The number of esters is 1. The van der Waals surface area contributed by atoms with Gasteiger partial charge in [0, 0.05) is 13.0 Å². The van der Waals surface area contributed by atoms with Gasteiger partial charge >= 0.3 is 5.97 Å². The van der Waals surface area contributed by atoms with Crippen molar-refractivity contribution < 1.29 is 19.1 Å². The molecule has 0 fully saturated rings. The van der Waals surface area contributed by atoms with E-state index in [2.05, 4.69) is 5.32 Å². The van der Waals surface area contributed by atoms with Crippen molar-refractivity contribution in [1.29, 1.82) is 0 Å². The fraction of sp³-hybridized carbons (Fsp3) is 0.333. The van der Waals surface area contributed by atoms with Crippen molar-refractivity contribution in [2.75, 3.05) is 19.0 Å². The molecule has 1 amide bonds. The Labute approximate surface area is 99.7 Å². The molecule has 0 aliphatic heterocycles. The zero-order valence-electron chi connectivity index (χ0n) is 10.1. The summed E-state index contributed by atoms with van der Waals surface area (Å²) in [5.74, 6) is -0.176. The number of methoxy groups -OCH3 is 1. The second kappa shape index (κ2) is 5.89. The van der Waals surface area contributed by atoms with Gasteiger partial charge in [-0.05, 0) is 19.1 Å². The molecule has 1 N–H and O–H groups in total. The van der Waals surface area contributed by atoms with Crippen molar-refractivity contribution in [2.45, 2.75) is 13.8 Å². The first-order chi connectivity index (χ1) is 8.08. The number of rotatable bonds is 4. The molecule has 0 unspecified atom stereocenters. The van der Waals surface area contributed by atoms with Crippen LogP contribution in [0.15, 0.2) is 18.2 Å². The fourth-order valence-corrected chi connectivity index (χ4v) is 1.33. The molecule has 0 saturated heterocycles. The summed E-state index contributed by atoms with van der Waals surface area (Å²) in [6.07, 6.45) is 0. The van der Waals surface area contributed by atoms with E-state index in [-0.39, 0.29) is 12.5 Å². The van der Waals surface area contributed by atoms with Gasteiger partial charge in [-0.3, -0.25) is 4.79 Å². The van der Waals surface area contributed by atoms with Gasteiger partial charge in [-0.15, -0.1) is 0 Å². The molecule has 0 saturated carbocycles. The first-order valence-electron chi connectivity index (χ1n) is 5.21. The number of anilines is 1. The van der Waals surface area contributed by atoms with Gasteiger partial charge < -0.3 is 14.8 Å². The lowest BCUT2D eigenvalue weighted by atomic mass is 10.1. The van der Waals surface area contributed by atoms with Gasteiger partial charge in [-0.25, -0.2) is 4.79 Å². The van der Waals surface area contributed by atoms with Crippen LogP contribution in [0.3, 0.4) is 0 Å². The second-order valence-electron chi connectivity index (χ2n) is 3.31. The third-order valence-electron chi connectivity index (χ3n) is 2.03. The monoisotopic (exact) mass is 237 g/mol. The van der Waals surface area contributed by atoms with E-state index in [4.69, 9.17) is 9.47 Å². The van der Waals surface area contributed by atoms with E-state index in [0.29, 0.717) is 17.0 Å². The normalized spacial score (nSPS) is 9.59. The molecule has 1 rings (SSSR count). The first kappa shape index (κ1) is 13.0. The maximum Gasteiger partial charge on any atom is 0.340 e. The average molecular weight is 237 g/mol. The summed E-state index contributed by atoms with van der Waals surface area (Å²) in [5, 5.41) is 2.57. The molecule has 0 spiro atoms. The molecule has 17 heavy (non-hydrogen) atoms. The lowest BCUT2D eigenvalue weighted by molar-refractivity contribution is -0.114. The van der Waals surface area contributed by atoms with E-state index in [1.165, 1.54) is 14.0 Å². The number of hydrogen-bond acceptors (Lipinski definition) is 4. The van der Waals surface area contributed by atoms with Gasteiger partial charge in [0.05, 0.1) is 25.0 Å². The van der Waals surface area contributed by atoms with Crippen molar-refractivity contribution in [3.05, 3.63) is 23.8 Å². The van der Waals surface area contributed by atoms with Crippen LogP contribution in [0.4, 0.5) is 5.69 Å². The summed E-state index contributed by atoms with van der Waals surface area (Å²) < 4.78 is 9.92. The van der Waals surface area contributed by atoms with Gasteiger partial charge in [0.2, 0.25) is 5.91 Å². The summed E-state index contributed by atoms with van der Waals surface area (Å²) in [7, 11) is 1.51. The minimum absolute atomic E-state index is 0.260. The summed E-state index contributed by atoms with van der Waals surface area (Å²) in [6, 6.07) is 4.77. The highest BCUT2D eigenvalue weighted by Gasteiger charge is 2.14. The molecule has 5 heteroatoms. The molecule has 1 aromatic carbocycles. The molecule has 0 bridgehead atoms. The number of benzene rings is 1. The first-order valence-corrected chi connectivity index (χ1v) is 5.21. The Morgan fingerprint density at radius 1 is 1.35 bits per heavy atom. The van der Waals surface area contributed by atoms with Crippen LogP contribution in [0.1, 0.15) is 24.2 Å². The molecular formula is C12H15NO4. The van der Waals surface area contributed by atoms with Gasteiger partial charge in [-0.1, -0.05) is 0 Å². The van der Waals surface area contributed by atoms with E-state index in [1.807, 2.05) is 0 Å². The number of carbonyl (C=O) groups is 2. The van der Waals surface area contributed by atoms with Gasteiger partial charge in [0.15, 0.2) is 0 Å². The van der Waals surface area contributed by atoms with Gasteiger partial charge in [0.25, 0.3) is 0 Å². The number of hydrogen-bond donors (Lipinski definition) is 1. The van der Waals surface area contributed by atoms with E-state index < -0.39 is 5.97 Å². The molecule has 0 radical (unpaired) electrons. The van der Waals surface area contributed by atoms with Crippen LogP contribution in [0.25, 0.3) is 0 Å². The molecule has 0 aromatic heterocycles. The van der Waals surface area contributed by atoms with Crippen LogP contribution in [-0.2, 0) is 9.53 Å². The zero-order chi connectivity index (χ0) is 12.8. The molecular weight excluding hydrogens is 222 g/mol. The maximum absolute atomic E-state index is 11.6. The third-order valence-corrected chi connectivity index (χ3v) is 2.03. The highest BCUT2D eigenvalue weighted by molar-refractivity contribution is 6.01. The highest BCUT2D eigenvalue weighted by atomic mass is 16.5. The Morgan fingerprint density at radius 2 is 2.06 bits per heavy atom. The Hall–Kier alpha value is -2.04. The quantitative estimate of drug-likeness (QED) is 0.811. The predicted octanol–water partition coefficient (Wildman–Crippen LogP) is 1.83. The number of nitrogens with one attached hydrogen (secondary N) is 1. The van der Waals surface area contributed by atoms with E-state index >= 15 is 0 Å². The lowest BCUT2D eigenvalue weighted by Crippen LogP contribution is -2.13. The SMILES string of the molecule is CCOC(=O)c1ccc(OC)cc1NC(C)=O. The third kappa shape index (κ3) is 3.48. The maximum atomic E-state index is 11.6. The minimum Gasteiger partial charge on any atom is -0.497 e. The predicted molar refractivity (Wildman–Crippen MR) is 63.3 cm³/mol. The largest absolute Gasteiger partial charge is 0.497 e. The molecule has 0 aliphatic carbocycles.